The zero-order valence-electron chi connectivity index (χ0n) is 13.2. The average Bonchev–Trinajstić information content (AvgIpc) is 3.25. The Morgan fingerprint density at radius 3 is 3.00 bits per heavy atom. The van der Waals surface area contributed by atoms with Gasteiger partial charge in [-0.2, -0.15) is 0 Å². The predicted molar refractivity (Wildman–Crippen MR) is 84.6 cm³/mol. The number of nitrogens with zero attached hydrogens (tertiary/aromatic N) is 2. The molecule has 2 aliphatic heterocycles. The van der Waals surface area contributed by atoms with Crippen LogP contribution in [0.15, 0.2) is 47.5 Å². The minimum Gasteiger partial charge on any atom is -0.472 e. The van der Waals surface area contributed by atoms with Crippen LogP contribution in [-0.4, -0.2) is 42.8 Å². The van der Waals surface area contributed by atoms with E-state index in [1.807, 2.05) is 24.5 Å². The van der Waals surface area contributed by atoms with Crippen molar-refractivity contribution in [2.45, 2.75) is 13.2 Å². The van der Waals surface area contributed by atoms with Crippen molar-refractivity contribution < 1.29 is 13.9 Å². The third-order valence-electron chi connectivity index (χ3n) is 4.99. The molecule has 0 amide bonds. The van der Waals surface area contributed by atoms with Crippen molar-refractivity contribution in [2.75, 3.05) is 32.9 Å². The molecule has 23 heavy (non-hydrogen) atoms. The van der Waals surface area contributed by atoms with Crippen molar-refractivity contribution in [1.82, 2.24) is 9.88 Å². The molecule has 2 atom stereocenters. The maximum Gasteiger partial charge on any atom is 0.0947 e. The van der Waals surface area contributed by atoms with Gasteiger partial charge < -0.3 is 13.9 Å². The normalized spacial score (nSPS) is 27.4. The minimum absolute atomic E-state index is 0.136. The molecule has 2 saturated heterocycles. The summed E-state index contributed by atoms with van der Waals surface area (Å²) in [5.41, 5.74) is 2.54. The van der Waals surface area contributed by atoms with Gasteiger partial charge in [-0.15, -0.1) is 0 Å². The summed E-state index contributed by atoms with van der Waals surface area (Å²) in [4.78, 5) is 6.53. The fourth-order valence-electron chi connectivity index (χ4n) is 3.76. The second-order valence-electron chi connectivity index (χ2n) is 6.72. The van der Waals surface area contributed by atoms with Crippen molar-refractivity contribution in [2.24, 2.45) is 11.3 Å². The van der Waals surface area contributed by atoms with Crippen LogP contribution in [-0.2, 0) is 22.6 Å². The largest absolute Gasteiger partial charge is 0.472 e. The van der Waals surface area contributed by atoms with Crippen molar-refractivity contribution in [1.29, 1.82) is 0 Å². The zero-order chi connectivity index (χ0) is 15.5. The van der Waals surface area contributed by atoms with Crippen molar-refractivity contribution in [3.8, 4) is 0 Å². The first-order valence-electron chi connectivity index (χ1n) is 8.12. The molecule has 2 aliphatic rings. The number of hydrogen-bond acceptors (Lipinski definition) is 5. The lowest BCUT2D eigenvalue weighted by atomic mass is 9.82. The van der Waals surface area contributed by atoms with E-state index in [-0.39, 0.29) is 5.41 Å². The second-order valence-corrected chi connectivity index (χ2v) is 6.72. The lowest BCUT2D eigenvalue weighted by molar-refractivity contribution is 0.0182. The van der Waals surface area contributed by atoms with E-state index in [9.17, 15) is 0 Å². The van der Waals surface area contributed by atoms with Gasteiger partial charge in [0, 0.05) is 48.9 Å². The van der Waals surface area contributed by atoms with Gasteiger partial charge in [0.05, 0.1) is 39.0 Å². The Labute approximate surface area is 136 Å². The third-order valence-corrected chi connectivity index (χ3v) is 4.99. The quantitative estimate of drug-likeness (QED) is 0.819. The number of pyridine rings is 1. The molecule has 0 saturated carbocycles. The lowest BCUT2D eigenvalue weighted by Gasteiger charge is -2.27. The molecule has 0 radical (unpaired) electrons. The van der Waals surface area contributed by atoms with E-state index in [0.717, 1.165) is 39.5 Å². The van der Waals surface area contributed by atoms with Crippen LogP contribution in [0.5, 0.6) is 0 Å². The van der Waals surface area contributed by atoms with Crippen LogP contribution in [0.1, 0.15) is 11.1 Å². The SMILES string of the molecule is c1cc(COC[C@@]23COC[C@@H]2CN(Cc2ccoc2)C3)ccn1. The molecule has 4 heterocycles. The molecular formula is C18H22N2O3. The first-order valence-corrected chi connectivity index (χ1v) is 8.12. The standard InChI is InChI=1S/C18H22N2O3/c1-4-19-5-2-15(1)9-22-13-18-12-20(7-16-3-6-21-10-16)8-17(18)11-23-14-18/h1-6,10,17H,7-9,11-14H2/t17-,18-/m0/s1. The zero-order valence-corrected chi connectivity index (χ0v) is 13.2. The Balaban J connectivity index is 1.35. The van der Waals surface area contributed by atoms with Crippen LogP contribution in [0.3, 0.4) is 0 Å². The molecule has 5 nitrogen and oxygen atoms in total. The van der Waals surface area contributed by atoms with Gasteiger partial charge >= 0.3 is 0 Å². The van der Waals surface area contributed by atoms with Gasteiger partial charge in [0.2, 0.25) is 0 Å². The number of furan rings is 1. The molecular weight excluding hydrogens is 292 g/mol. The number of aromatic nitrogens is 1. The van der Waals surface area contributed by atoms with Crippen LogP contribution in [0.25, 0.3) is 0 Å². The Morgan fingerprint density at radius 2 is 2.17 bits per heavy atom. The molecule has 2 fully saturated rings. The van der Waals surface area contributed by atoms with E-state index in [4.69, 9.17) is 13.9 Å². The van der Waals surface area contributed by atoms with Crippen LogP contribution in [0.4, 0.5) is 0 Å². The van der Waals surface area contributed by atoms with Crippen LogP contribution in [0, 0.1) is 11.3 Å². The fourth-order valence-corrected chi connectivity index (χ4v) is 3.76. The van der Waals surface area contributed by atoms with E-state index >= 15 is 0 Å². The monoisotopic (exact) mass is 314 g/mol. The molecule has 122 valence electrons. The number of rotatable bonds is 6. The Kier molecular flexibility index (Phi) is 4.16. The summed E-state index contributed by atoms with van der Waals surface area (Å²) in [6, 6.07) is 6.04. The first-order chi connectivity index (χ1) is 11.3. The summed E-state index contributed by atoms with van der Waals surface area (Å²) in [5, 5.41) is 0. The Morgan fingerprint density at radius 1 is 1.26 bits per heavy atom. The highest BCUT2D eigenvalue weighted by molar-refractivity contribution is 5.09. The molecule has 0 N–H and O–H groups in total. The molecule has 4 rings (SSSR count). The molecule has 2 aromatic heterocycles. The molecule has 0 spiro atoms. The van der Waals surface area contributed by atoms with E-state index in [1.165, 1.54) is 11.1 Å². The number of likely N-dealkylation sites (tertiary alicyclic amines) is 1. The highest BCUT2D eigenvalue weighted by atomic mass is 16.5. The molecule has 0 bridgehead atoms. The number of hydrogen-bond donors (Lipinski definition) is 0. The van der Waals surface area contributed by atoms with E-state index in [2.05, 4.69) is 9.88 Å². The van der Waals surface area contributed by atoms with Crippen molar-refractivity contribution in [3.63, 3.8) is 0 Å². The smallest absolute Gasteiger partial charge is 0.0947 e. The molecule has 0 unspecified atom stereocenters. The van der Waals surface area contributed by atoms with Crippen LogP contribution < -0.4 is 0 Å². The van der Waals surface area contributed by atoms with Crippen molar-refractivity contribution in [3.05, 3.63) is 54.2 Å². The Hall–Kier alpha value is -1.69. The molecule has 0 aliphatic carbocycles. The highest BCUT2D eigenvalue weighted by Crippen LogP contribution is 2.42. The van der Waals surface area contributed by atoms with Crippen LogP contribution >= 0.6 is 0 Å². The maximum atomic E-state index is 6.04. The topological polar surface area (TPSA) is 47.7 Å². The number of ether oxygens (including phenoxy) is 2. The summed E-state index contributed by atoms with van der Waals surface area (Å²) in [6.07, 6.45) is 7.18. The average molecular weight is 314 g/mol. The summed E-state index contributed by atoms with van der Waals surface area (Å²) in [7, 11) is 0. The van der Waals surface area contributed by atoms with Crippen LogP contribution in [0.2, 0.25) is 0 Å². The first kappa shape index (κ1) is 14.9. The summed E-state index contributed by atoms with van der Waals surface area (Å²) < 4.78 is 17.0. The lowest BCUT2D eigenvalue weighted by Crippen LogP contribution is -2.35. The molecule has 0 aromatic carbocycles. The van der Waals surface area contributed by atoms with Gasteiger partial charge in [-0.1, -0.05) is 0 Å². The van der Waals surface area contributed by atoms with E-state index in [0.29, 0.717) is 12.5 Å². The summed E-state index contributed by atoms with van der Waals surface area (Å²) in [5.74, 6) is 0.562. The highest BCUT2D eigenvalue weighted by Gasteiger charge is 2.50. The summed E-state index contributed by atoms with van der Waals surface area (Å²) in [6.45, 7) is 6.08. The summed E-state index contributed by atoms with van der Waals surface area (Å²) >= 11 is 0. The van der Waals surface area contributed by atoms with Crippen molar-refractivity contribution >= 4 is 0 Å². The van der Waals surface area contributed by atoms with Gasteiger partial charge in [-0.25, -0.2) is 0 Å². The molecule has 5 heteroatoms. The van der Waals surface area contributed by atoms with Gasteiger partial charge in [0.15, 0.2) is 0 Å². The maximum absolute atomic E-state index is 6.04. The van der Waals surface area contributed by atoms with E-state index in [1.54, 1.807) is 18.7 Å². The Bertz CT molecular complexity index is 616. The molecule has 2 aromatic rings. The minimum atomic E-state index is 0.136. The fraction of sp³-hybridized carbons (Fsp3) is 0.500. The number of fused-ring (bicyclic) bond motifs is 1. The van der Waals surface area contributed by atoms with Gasteiger partial charge in [-0.3, -0.25) is 9.88 Å². The second kappa shape index (κ2) is 6.43. The predicted octanol–water partition coefficient (Wildman–Crippen LogP) is 2.34. The van der Waals surface area contributed by atoms with Gasteiger partial charge in [-0.05, 0) is 23.8 Å². The van der Waals surface area contributed by atoms with Gasteiger partial charge in [0.25, 0.3) is 0 Å². The van der Waals surface area contributed by atoms with E-state index < -0.39 is 0 Å². The third kappa shape index (κ3) is 3.17. The van der Waals surface area contributed by atoms with Gasteiger partial charge in [0.1, 0.15) is 0 Å².